The zero-order valence-electron chi connectivity index (χ0n) is 9.98. The Bertz CT molecular complexity index is 283. The maximum atomic E-state index is 10.0. The second kappa shape index (κ2) is 5.91. The Kier molecular flexibility index (Phi) is 4.82. The fraction of sp³-hybridized carbons (Fsp3) is 0.750. The fourth-order valence-corrected chi connectivity index (χ4v) is 1.83. The van der Waals surface area contributed by atoms with E-state index in [-0.39, 0.29) is 6.10 Å². The maximum Gasteiger partial charge on any atom is 0.0846 e. The van der Waals surface area contributed by atoms with E-state index in [4.69, 9.17) is 0 Å². The van der Waals surface area contributed by atoms with Crippen LogP contribution in [0.25, 0.3) is 0 Å². The van der Waals surface area contributed by atoms with Gasteiger partial charge in [0.25, 0.3) is 0 Å². The second-order valence-electron chi connectivity index (χ2n) is 4.25. The van der Waals surface area contributed by atoms with Gasteiger partial charge in [-0.3, -0.25) is 4.68 Å². The molecule has 0 fully saturated rings. The summed E-state index contributed by atoms with van der Waals surface area (Å²) in [5.41, 5.74) is 0.949. The van der Waals surface area contributed by atoms with E-state index in [0.29, 0.717) is 5.92 Å². The molecule has 0 aliphatic rings. The van der Waals surface area contributed by atoms with E-state index in [1.54, 1.807) is 6.20 Å². The van der Waals surface area contributed by atoms with Gasteiger partial charge in [-0.15, -0.1) is 0 Å². The van der Waals surface area contributed by atoms with Crippen molar-refractivity contribution in [2.45, 2.75) is 52.7 Å². The third kappa shape index (κ3) is 3.34. The van der Waals surface area contributed by atoms with Crippen LogP contribution in [-0.2, 0) is 6.54 Å². The summed E-state index contributed by atoms with van der Waals surface area (Å²) in [6.45, 7) is 7.28. The first-order valence-corrected chi connectivity index (χ1v) is 5.89. The molecule has 1 heterocycles. The van der Waals surface area contributed by atoms with Crippen LogP contribution in [0.3, 0.4) is 0 Å². The van der Waals surface area contributed by atoms with Crippen LogP contribution in [-0.4, -0.2) is 14.9 Å². The zero-order chi connectivity index (χ0) is 11.3. The molecule has 2 atom stereocenters. The molecule has 3 nitrogen and oxygen atoms in total. The molecule has 0 aromatic carbocycles. The molecule has 0 amide bonds. The van der Waals surface area contributed by atoms with Gasteiger partial charge < -0.3 is 5.11 Å². The van der Waals surface area contributed by atoms with E-state index >= 15 is 0 Å². The quantitative estimate of drug-likeness (QED) is 0.784. The predicted molar refractivity (Wildman–Crippen MR) is 61.5 cm³/mol. The SMILES string of the molecule is CCCC(C)C(O)c1cnn(CCC)c1. The standard InChI is InChI=1S/C12H22N2O/c1-4-6-10(3)12(15)11-8-13-14(9-11)7-5-2/h8-10,12,15H,4-7H2,1-3H3. The summed E-state index contributed by atoms with van der Waals surface area (Å²) in [4.78, 5) is 0. The van der Waals surface area contributed by atoms with Crippen LogP contribution in [0.2, 0.25) is 0 Å². The van der Waals surface area contributed by atoms with Crippen molar-refractivity contribution in [2.24, 2.45) is 5.92 Å². The lowest BCUT2D eigenvalue weighted by molar-refractivity contribution is 0.112. The highest BCUT2D eigenvalue weighted by atomic mass is 16.3. The van der Waals surface area contributed by atoms with Crippen LogP contribution in [0.4, 0.5) is 0 Å². The van der Waals surface area contributed by atoms with Gasteiger partial charge in [-0.25, -0.2) is 0 Å². The summed E-state index contributed by atoms with van der Waals surface area (Å²) in [7, 11) is 0. The van der Waals surface area contributed by atoms with Crippen molar-refractivity contribution in [3.63, 3.8) is 0 Å². The van der Waals surface area contributed by atoms with Gasteiger partial charge in [0.05, 0.1) is 12.3 Å². The molecule has 0 spiro atoms. The minimum absolute atomic E-state index is 0.314. The summed E-state index contributed by atoms with van der Waals surface area (Å²) in [5.74, 6) is 0.314. The van der Waals surface area contributed by atoms with Crippen molar-refractivity contribution in [2.75, 3.05) is 0 Å². The van der Waals surface area contributed by atoms with E-state index in [2.05, 4.69) is 25.9 Å². The number of aliphatic hydroxyl groups excluding tert-OH is 1. The predicted octanol–water partition coefficient (Wildman–Crippen LogP) is 2.76. The van der Waals surface area contributed by atoms with E-state index in [0.717, 1.165) is 31.4 Å². The Morgan fingerprint density at radius 1 is 1.40 bits per heavy atom. The molecule has 1 N–H and O–H groups in total. The van der Waals surface area contributed by atoms with E-state index in [1.807, 2.05) is 10.9 Å². The van der Waals surface area contributed by atoms with Crippen LogP contribution in [0, 0.1) is 5.92 Å². The molecule has 0 radical (unpaired) electrons. The van der Waals surface area contributed by atoms with E-state index < -0.39 is 0 Å². The number of hydrogen-bond donors (Lipinski definition) is 1. The number of hydrogen-bond acceptors (Lipinski definition) is 2. The number of aliphatic hydroxyl groups is 1. The first-order valence-electron chi connectivity index (χ1n) is 5.89. The maximum absolute atomic E-state index is 10.0. The van der Waals surface area contributed by atoms with Gasteiger partial charge in [0.15, 0.2) is 0 Å². The number of aryl methyl sites for hydroxylation is 1. The normalized spacial score (nSPS) is 15.2. The smallest absolute Gasteiger partial charge is 0.0846 e. The topological polar surface area (TPSA) is 38.1 Å². The van der Waals surface area contributed by atoms with E-state index in [9.17, 15) is 5.11 Å². The largest absolute Gasteiger partial charge is 0.388 e. The molecule has 0 aliphatic heterocycles. The number of aromatic nitrogens is 2. The van der Waals surface area contributed by atoms with Crippen molar-refractivity contribution in [1.29, 1.82) is 0 Å². The average molecular weight is 210 g/mol. The molecule has 86 valence electrons. The molecule has 1 rings (SSSR count). The van der Waals surface area contributed by atoms with Crippen LogP contribution >= 0.6 is 0 Å². The summed E-state index contributed by atoms with van der Waals surface area (Å²) < 4.78 is 1.90. The summed E-state index contributed by atoms with van der Waals surface area (Å²) >= 11 is 0. The highest BCUT2D eigenvalue weighted by Gasteiger charge is 2.16. The van der Waals surface area contributed by atoms with Crippen molar-refractivity contribution >= 4 is 0 Å². The van der Waals surface area contributed by atoms with Crippen LogP contribution in [0.5, 0.6) is 0 Å². The van der Waals surface area contributed by atoms with Crippen LogP contribution < -0.4 is 0 Å². The van der Waals surface area contributed by atoms with Gasteiger partial charge in [0.2, 0.25) is 0 Å². The van der Waals surface area contributed by atoms with Gasteiger partial charge in [-0.1, -0.05) is 27.2 Å². The minimum atomic E-state index is -0.365. The molecule has 3 heteroatoms. The Labute approximate surface area is 92.1 Å². The second-order valence-corrected chi connectivity index (χ2v) is 4.25. The number of nitrogens with zero attached hydrogens (tertiary/aromatic N) is 2. The molecule has 0 aliphatic carbocycles. The monoisotopic (exact) mass is 210 g/mol. The zero-order valence-corrected chi connectivity index (χ0v) is 9.98. The minimum Gasteiger partial charge on any atom is -0.388 e. The highest BCUT2D eigenvalue weighted by molar-refractivity contribution is 5.08. The Morgan fingerprint density at radius 2 is 2.13 bits per heavy atom. The lowest BCUT2D eigenvalue weighted by Crippen LogP contribution is -2.08. The molecule has 0 bridgehead atoms. The van der Waals surface area contributed by atoms with Crippen molar-refractivity contribution < 1.29 is 5.11 Å². The lowest BCUT2D eigenvalue weighted by atomic mass is 9.96. The average Bonchev–Trinajstić information content (AvgIpc) is 2.66. The summed E-state index contributed by atoms with van der Waals surface area (Å²) in [6, 6.07) is 0. The molecular weight excluding hydrogens is 188 g/mol. The van der Waals surface area contributed by atoms with Crippen molar-refractivity contribution in [3.05, 3.63) is 18.0 Å². The number of rotatable bonds is 6. The van der Waals surface area contributed by atoms with Gasteiger partial charge in [0, 0.05) is 18.3 Å². The van der Waals surface area contributed by atoms with Crippen molar-refractivity contribution in [3.8, 4) is 0 Å². The molecule has 1 aromatic rings. The Morgan fingerprint density at radius 3 is 2.73 bits per heavy atom. The molecule has 0 saturated heterocycles. The van der Waals surface area contributed by atoms with Crippen LogP contribution in [0.15, 0.2) is 12.4 Å². The molecule has 15 heavy (non-hydrogen) atoms. The Balaban J connectivity index is 2.60. The lowest BCUT2D eigenvalue weighted by Gasteiger charge is -2.16. The van der Waals surface area contributed by atoms with Gasteiger partial charge >= 0.3 is 0 Å². The van der Waals surface area contributed by atoms with Gasteiger partial charge in [-0.2, -0.15) is 5.10 Å². The van der Waals surface area contributed by atoms with Crippen LogP contribution in [0.1, 0.15) is 51.7 Å². The molecule has 2 unspecified atom stereocenters. The Hall–Kier alpha value is -0.830. The summed E-state index contributed by atoms with van der Waals surface area (Å²) in [5, 5.41) is 14.3. The first kappa shape index (κ1) is 12.2. The third-order valence-corrected chi connectivity index (χ3v) is 2.73. The molecule has 0 saturated carbocycles. The van der Waals surface area contributed by atoms with E-state index in [1.165, 1.54) is 0 Å². The van der Waals surface area contributed by atoms with Gasteiger partial charge in [-0.05, 0) is 18.8 Å². The third-order valence-electron chi connectivity index (χ3n) is 2.73. The highest BCUT2D eigenvalue weighted by Crippen LogP contribution is 2.24. The molecular formula is C12H22N2O. The van der Waals surface area contributed by atoms with Gasteiger partial charge in [0.1, 0.15) is 0 Å². The molecule has 1 aromatic heterocycles. The summed E-state index contributed by atoms with van der Waals surface area (Å²) in [6.07, 6.45) is 6.62. The first-order chi connectivity index (χ1) is 7.19. The fourth-order valence-electron chi connectivity index (χ4n) is 1.83. The van der Waals surface area contributed by atoms with Crippen molar-refractivity contribution in [1.82, 2.24) is 9.78 Å².